The molecule has 0 bridgehead atoms. The fourth-order valence-corrected chi connectivity index (χ4v) is 2.41. The zero-order valence-corrected chi connectivity index (χ0v) is 14.1. The number of carbonyl (C=O) groups is 2. The normalized spacial score (nSPS) is 10.2. The van der Waals surface area contributed by atoms with Crippen molar-refractivity contribution >= 4 is 23.2 Å². The summed E-state index contributed by atoms with van der Waals surface area (Å²) in [6.07, 6.45) is 1.44. The molecule has 0 radical (unpaired) electrons. The number of para-hydroxylation sites is 2. The number of nitrogens with one attached hydrogen (secondary N) is 3. The Morgan fingerprint density at radius 2 is 1.46 bits per heavy atom. The molecule has 2 amide bonds. The van der Waals surface area contributed by atoms with Gasteiger partial charge in [-0.2, -0.15) is 0 Å². The minimum Gasteiger partial charge on any atom is -0.459 e. The largest absolute Gasteiger partial charge is 0.459 e. The van der Waals surface area contributed by atoms with Crippen molar-refractivity contribution in [3.05, 3.63) is 84.3 Å². The summed E-state index contributed by atoms with van der Waals surface area (Å²) < 4.78 is 5.01. The highest BCUT2D eigenvalue weighted by atomic mass is 16.3. The molecule has 26 heavy (non-hydrogen) atoms. The van der Waals surface area contributed by atoms with Crippen molar-refractivity contribution in [1.29, 1.82) is 0 Å². The zero-order chi connectivity index (χ0) is 18.2. The molecule has 0 aliphatic heterocycles. The van der Waals surface area contributed by atoms with E-state index in [0.717, 1.165) is 11.4 Å². The summed E-state index contributed by atoms with van der Waals surface area (Å²) in [6, 6.07) is 20.1. The van der Waals surface area contributed by atoms with Crippen LogP contribution in [0.2, 0.25) is 0 Å². The zero-order valence-electron chi connectivity index (χ0n) is 14.1. The van der Waals surface area contributed by atoms with Gasteiger partial charge in [-0.05, 0) is 36.4 Å². The molecule has 132 valence electrons. The van der Waals surface area contributed by atoms with E-state index in [-0.39, 0.29) is 17.6 Å². The molecule has 0 saturated heterocycles. The lowest BCUT2D eigenvalue weighted by Crippen LogP contribution is -2.34. The van der Waals surface area contributed by atoms with Crippen molar-refractivity contribution in [2.24, 2.45) is 0 Å². The molecule has 1 aromatic heterocycles. The summed E-state index contributed by atoms with van der Waals surface area (Å²) in [4.78, 5) is 24.2. The predicted octanol–water partition coefficient (Wildman–Crippen LogP) is 3.18. The van der Waals surface area contributed by atoms with Gasteiger partial charge in [-0.3, -0.25) is 9.59 Å². The van der Waals surface area contributed by atoms with Crippen molar-refractivity contribution in [3.63, 3.8) is 0 Å². The van der Waals surface area contributed by atoms with Crippen LogP contribution in [0.1, 0.15) is 20.9 Å². The topological polar surface area (TPSA) is 83.4 Å². The minimum atomic E-state index is -0.310. The lowest BCUT2D eigenvalue weighted by molar-refractivity contribution is 0.0911. The van der Waals surface area contributed by atoms with Gasteiger partial charge in [0.1, 0.15) is 0 Å². The van der Waals surface area contributed by atoms with E-state index in [0.29, 0.717) is 18.7 Å². The highest BCUT2D eigenvalue weighted by Crippen LogP contribution is 2.20. The SMILES string of the molecule is O=C(NCCNC(=O)c1ccccc1Nc1ccccc1)c1ccco1. The van der Waals surface area contributed by atoms with Gasteiger partial charge in [0, 0.05) is 18.8 Å². The van der Waals surface area contributed by atoms with Gasteiger partial charge in [0.2, 0.25) is 0 Å². The second-order valence-electron chi connectivity index (χ2n) is 5.53. The van der Waals surface area contributed by atoms with Crippen molar-refractivity contribution in [2.75, 3.05) is 18.4 Å². The third kappa shape index (κ3) is 4.51. The van der Waals surface area contributed by atoms with E-state index in [1.807, 2.05) is 48.5 Å². The van der Waals surface area contributed by atoms with Gasteiger partial charge in [0.05, 0.1) is 17.5 Å². The first kappa shape index (κ1) is 17.3. The molecule has 0 unspecified atom stereocenters. The summed E-state index contributed by atoms with van der Waals surface area (Å²) in [7, 11) is 0. The number of hydrogen-bond acceptors (Lipinski definition) is 4. The average Bonchev–Trinajstić information content (AvgIpc) is 3.21. The minimum absolute atomic E-state index is 0.212. The highest BCUT2D eigenvalue weighted by Gasteiger charge is 2.11. The molecule has 2 aromatic carbocycles. The van der Waals surface area contributed by atoms with E-state index < -0.39 is 0 Å². The highest BCUT2D eigenvalue weighted by molar-refractivity contribution is 6.00. The molecule has 1 heterocycles. The van der Waals surface area contributed by atoms with Gasteiger partial charge in [0.25, 0.3) is 11.8 Å². The monoisotopic (exact) mass is 349 g/mol. The van der Waals surface area contributed by atoms with E-state index >= 15 is 0 Å². The Bertz CT molecular complexity index is 861. The number of carbonyl (C=O) groups excluding carboxylic acids is 2. The van der Waals surface area contributed by atoms with Gasteiger partial charge >= 0.3 is 0 Å². The van der Waals surface area contributed by atoms with E-state index in [1.54, 1.807) is 18.2 Å². The van der Waals surface area contributed by atoms with Gasteiger partial charge in [-0.15, -0.1) is 0 Å². The Hall–Kier alpha value is -3.54. The lowest BCUT2D eigenvalue weighted by Gasteiger charge is -2.12. The Labute approximate surface area is 151 Å². The number of furan rings is 1. The number of rotatable bonds is 7. The van der Waals surface area contributed by atoms with Crippen LogP contribution < -0.4 is 16.0 Å². The van der Waals surface area contributed by atoms with Crippen LogP contribution in [0.15, 0.2) is 77.4 Å². The molecule has 0 fully saturated rings. The Morgan fingerprint density at radius 3 is 2.19 bits per heavy atom. The van der Waals surface area contributed by atoms with Crippen LogP contribution >= 0.6 is 0 Å². The fraction of sp³-hybridized carbons (Fsp3) is 0.100. The van der Waals surface area contributed by atoms with Crippen LogP contribution in [0, 0.1) is 0 Å². The summed E-state index contributed by atoms with van der Waals surface area (Å²) in [5.74, 6) is -0.277. The van der Waals surface area contributed by atoms with E-state index in [4.69, 9.17) is 4.42 Å². The van der Waals surface area contributed by atoms with Crippen molar-refractivity contribution in [3.8, 4) is 0 Å². The van der Waals surface area contributed by atoms with Gasteiger partial charge in [-0.25, -0.2) is 0 Å². The third-order valence-electron chi connectivity index (χ3n) is 3.67. The van der Waals surface area contributed by atoms with E-state index in [9.17, 15) is 9.59 Å². The smallest absolute Gasteiger partial charge is 0.287 e. The molecule has 6 heteroatoms. The average molecular weight is 349 g/mol. The first-order valence-corrected chi connectivity index (χ1v) is 8.25. The van der Waals surface area contributed by atoms with E-state index in [2.05, 4.69) is 16.0 Å². The molecular weight excluding hydrogens is 330 g/mol. The van der Waals surface area contributed by atoms with Gasteiger partial charge in [0.15, 0.2) is 5.76 Å². The molecule has 0 aliphatic carbocycles. The molecular formula is C20H19N3O3. The summed E-state index contributed by atoms with van der Waals surface area (Å²) in [6.45, 7) is 0.616. The number of hydrogen-bond donors (Lipinski definition) is 3. The molecule has 0 atom stereocenters. The quantitative estimate of drug-likeness (QED) is 0.572. The Balaban J connectivity index is 1.54. The van der Waals surface area contributed by atoms with Crippen LogP contribution in [0.3, 0.4) is 0 Å². The predicted molar refractivity (Wildman–Crippen MR) is 99.5 cm³/mol. The molecule has 3 rings (SSSR count). The molecule has 0 saturated carbocycles. The van der Waals surface area contributed by atoms with Crippen molar-refractivity contribution in [1.82, 2.24) is 10.6 Å². The van der Waals surface area contributed by atoms with Crippen molar-refractivity contribution < 1.29 is 14.0 Å². The van der Waals surface area contributed by atoms with Crippen LogP contribution in [-0.4, -0.2) is 24.9 Å². The summed E-state index contributed by atoms with van der Waals surface area (Å²) >= 11 is 0. The maximum absolute atomic E-state index is 12.4. The molecule has 0 spiro atoms. The second-order valence-corrected chi connectivity index (χ2v) is 5.53. The third-order valence-corrected chi connectivity index (χ3v) is 3.67. The van der Waals surface area contributed by atoms with Gasteiger partial charge < -0.3 is 20.4 Å². The molecule has 3 aromatic rings. The van der Waals surface area contributed by atoms with Crippen LogP contribution in [0.4, 0.5) is 11.4 Å². The van der Waals surface area contributed by atoms with Crippen molar-refractivity contribution in [2.45, 2.75) is 0 Å². The molecule has 0 aliphatic rings. The first-order valence-electron chi connectivity index (χ1n) is 8.25. The van der Waals surface area contributed by atoms with Crippen LogP contribution in [0.5, 0.6) is 0 Å². The second kappa shape index (κ2) is 8.53. The Morgan fingerprint density at radius 1 is 0.769 bits per heavy atom. The lowest BCUT2D eigenvalue weighted by atomic mass is 10.1. The maximum atomic E-state index is 12.4. The fourth-order valence-electron chi connectivity index (χ4n) is 2.41. The molecule has 6 nitrogen and oxygen atoms in total. The Kier molecular flexibility index (Phi) is 5.67. The number of anilines is 2. The number of benzene rings is 2. The standard InChI is InChI=1S/C20H19N3O3/c24-19(21-12-13-22-20(25)18-11-6-14-26-18)16-9-4-5-10-17(16)23-15-7-2-1-3-8-15/h1-11,14,23H,12-13H2,(H,21,24)(H,22,25). The van der Waals surface area contributed by atoms with E-state index in [1.165, 1.54) is 6.26 Å². The van der Waals surface area contributed by atoms with Crippen LogP contribution in [0.25, 0.3) is 0 Å². The summed E-state index contributed by atoms with van der Waals surface area (Å²) in [5.41, 5.74) is 2.16. The maximum Gasteiger partial charge on any atom is 0.287 e. The summed E-state index contributed by atoms with van der Waals surface area (Å²) in [5, 5.41) is 8.72. The number of amides is 2. The van der Waals surface area contributed by atoms with Gasteiger partial charge in [-0.1, -0.05) is 30.3 Å². The molecule has 3 N–H and O–H groups in total. The first-order chi connectivity index (χ1) is 12.7. The van der Waals surface area contributed by atoms with Crippen LogP contribution in [-0.2, 0) is 0 Å².